The first-order valence-electron chi connectivity index (χ1n) is 10.9. The van der Waals surface area contributed by atoms with Crippen molar-refractivity contribution in [2.24, 2.45) is 10.4 Å². The Hall–Kier alpha value is -2.27. The molecule has 2 aliphatic heterocycles. The van der Waals surface area contributed by atoms with Crippen molar-refractivity contribution >= 4 is 40.2 Å². The van der Waals surface area contributed by atoms with Crippen LogP contribution in [-0.4, -0.2) is 48.2 Å². The number of fused-ring (bicyclic) bond motifs is 3. The van der Waals surface area contributed by atoms with Crippen molar-refractivity contribution in [3.8, 4) is 11.5 Å². The number of aliphatic imine (C=N–C) groups is 1. The van der Waals surface area contributed by atoms with Crippen LogP contribution < -0.4 is 9.47 Å². The van der Waals surface area contributed by atoms with E-state index in [1.54, 1.807) is 7.11 Å². The van der Waals surface area contributed by atoms with E-state index < -0.39 is 0 Å². The van der Waals surface area contributed by atoms with Crippen LogP contribution in [0.2, 0.25) is 0 Å². The van der Waals surface area contributed by atoms with Crippen molar-refractivity contribution in [3.05, 3.63) is 29.8 Å². The molecule has 4 rings (SSSR count). The van der Waals surface area contributed by atoms with Crippen LogP contribution in [0.4, 0.5) is 5.69 Å². The SMILES string of the molecule is COc1cc2cc3c(cc2cc1OCC(C)(C)CC(C)(C)Cl)N=CC1CCCN1C3=O. The van der Waals surface area contributed by atoms with Gasteiger partial charge in [-0.2, -0.15) is 0 Å². The fourth-order valence-corrected chi connectivity index (χ4v) is 5.19. The fourth-order valence-electron chi connectivity index (χ4n) is 4.83. The number of amides is 1. The lowest BCUT2D eigenvalue weighted by atomic mass is 9.84. The molecule has 1 amide bonds. The lowest BCUT2D eigenvalue weighted by molar-refractivity contribution is 0.0775. The highest BCUT2D eigenvalue weighted by molar-refractivity contribution is 6.23. The Morgan fingerprint density at radius 1 is 1.13 bits per heavy atom. The number of methoxy groups -OCH3 is 1. The van der Waals surface area contributed by atoms with E-state index in [-0.39, 0.29) is 22.2 Å². The van der Waals surface area contributed by atoms with E-state index in [2.05, 4.69) is 18.8 Å². The van der Waals surface area contributed by atoms with E-state index in [0.29, 0.717) is 29.4 Å². The predicted molar refractivity (Wildman–Crippen MR) is 127 cm³/mol. The maximum atomic E-state index is 13.1. The van der Waals surface area contributed by atoms with Gasteiger partial charge in [0, 0.05) is 23.0 Å². The minimum absolute atomic E-state index is 0.0571. The van der Waals surface area contributed by atoms with Gasteiger partial charge in [0.15, 0.2) is 11.5 Å². The van der Waals surface area contributed by atoms with Crippen molar-refractivity contribution in [3.63, 3.8) is 0 Å². The molecule has 1 unspecified atom stereocenters. The van der Waals surface area contributed by atoms with Crippen LogP contribution in [-0.2, 0) is 0 Å². The number of hydrogen-bond donors (Lipinski definition) is 0. The number of carbonyl (C=O) groups excluding carboxylic acids is 1. The van der Waals surface area contributed by atoms with E-state index in [1.165, 1.54) is 0 Å². The number of halogens is 1. The Morgan fingerprint density at radius 2 is 1.84 bits per heavy atom. The Balaban J connectivity index is 1.67. The van der Waals surface area contributed by atoms with Crippen molar-refractivity contribution in [2.75, 3.05) is 20.3 Å². The zero-order valence-electron chi connectivity index (χ0n) is 19.0. The largest absolute Gasteiger partial charge is 0.493 e. The lowest BCUT2D eigenvalue weighted by Crippen LogP contribution is -2.35. The molecule has 2 heterocycles. The molecule has 5 nitrogen and oxygen atoms in total. The summed E-state index contributed by atoms with van der Waals surface area (Å²) in [5.41, 5.74) is 1.27. The van der Waals surface area contributed by atoms with Crippen LogP contribution in [0.25, 0.3) is 10.8 Å². The van der Waals surface area contributed by atoms with Gasteiger partial charge in [-0.05, 0) is 68.1 Å². The van der Waals surface area contributed by atoms with Crippen molar-refractivity contribution in [1.29, 1.82) is 0 Å². The molecule has 1 atom stereocenters. The fraction of sp³-hybridized carbons (Fsp3) is 0.520. The Labute approximate surface area is 189 Å². The highest BCUT2D eigenvalue weighted by Gasteiger charge is 2.32. The Morgan fingerprint density at radius 3 is 2.55 bits per heavy atom. The van der Waals surface area contributed by atoms with Gasteiger partial charge in [-0.25, -0.2) is 0 Å². The zero-order chi connectivity index (χ0) is 22.4. The molecule has 2 aliphatic rings. The molecule has 0 aliphatic carbocycles. The summed E-state index contributed by atoms with van der Waals surface area (Å²) in [6.07, 6.45) is 4.74. The van der Waals surface area contributed by atoms with E-state index in [4.69, 9.17) is 21.1 Å². The zero-order valence-corrected chi connectivity index (χ0v) is 19.8. The molecule has 0 radical (unpaired) electrons. The minimum atomic E-state index is -0.295. The molecule has 0 saturated carbocycles. The highest BCUT2D eigenvalue weighted by atomic mass is 35.5. The molecule has 31 heavy (non-hydrogen) atoms. The maximum absolute atomic E-state index is 13.1. The topological polar surface area (TPSA) is 51.1 Å². The second kappa shape index (κ2) is 8.01. The molecule has 1 saturated heterocycles. The van der Waals surface area contributed by atoms with E-state index in [0.717, 1.165) is 36.6 Å². The number of rotatable bonds is 6. The summed E-state index contributed by atoms with van der Waals surface area (Å²) in [5, 5.41) is 1.90. The van der Waals surface area contributed by atoms with Gasteiger partial charge in [-0.1, -0.05) is 13.8 Å². The van der Waals surface area contributed by atoms with Crippen molar-refractivity contribution in [1.82, 2.24) is 4.90 Å². The maximum Gasteiger partial charge on any atom is 0.256 e. The lowest BCUT2D eigenvalue weighted by Gasteiger charge is -2.31. The van der Waals surface area contributed by atoms with E-state index in [1.807, 2.05) is 49.2 Å². The third-order valence-electron chi connectivity index (χ3n) is 5.93. The molecule has 2 aromatic carbocycles. The number of carbonyl (C=O) groups is 1. The van der Waals surface area contributed by atoms with Crippen LogP contribution in [0.3, 0.4) is 0 Å². The molecule has 2 aromatic rings. The van der Waals surface area contributed by atoms with Crippen molar-refractivity contribution < 1.29 is 14.3 Å². The molecule has 1 fully saturated rings. The smallest absolute Gasteiger partial charge is 0.256 e. The summed E-state index contributed by atoms with van der Waals surface area (Å²) in [7, 11) is 1.63. The quantitative estimate of drug-likeness (QED) is 0.517. The number of ether oxygens (including phenoxy) is 2. The van der Waals surface area contributed by atoms with Crippen molar-refractivity contribution in [2.45, 2.75) is 57.9 Å². The average Bonchev–Trinajstić information content (AvgIpc) is 3.11. The first-order chi connectivity index (χ1) is 14.6. The first kappa shape index (κ1) is 21.9. The molecular formula is C25H31ClN2O3. The van der Waals surface area contributed by atoms with Crippen LogP contribution in [0.5, 0.6) is 11.5 Å². The Kier molecular flexibility index (Phi) is 5.67. The number of benzene rings is 2. The minimum Gasteiger partial charge on any atom is -0.493 e. The van der Waals surface area contributed by atoms with Gasteiger partial charge in [0.2, 0.25) is 0 Å². The van der Waals surface area contributed by atoms with E-state index >= 15 is 0 Å². The summed E-state index contributed by atoms with van der Waals surface area (Å²) >= 11 is 6.44. The molecule has 0 N–H and O–H groups in total. The van der Waals surface area contributed by atoms with Gasteiger partial charge < -0.3 is 14.4 Å². The number of hydrogen-bond acceptors (Lipinski definition) is 4. The van der Waals surface area contributed by atoms with Gasteiger partial charge in [-0.3, -0.25) is 9.79 Å². The molecule has 0 bridgehead atoms. The summed E-state index contributed by atoms with van der Waals surface area (Å²) in [6, 6.07) is 7.91. The van der Waals surface area contributed by atoms with Crippen LogP contribution in [0.15, 0.2) is 29.3 Å². The number of nitrogens with zero attached hydrogens (tertiary/aromatic N) is 2. The molecule has 0 spiro atoms. The highest BCUT2D eigenvalue weighted by Crippen LogP contribution is 2.39. The molecule has 166 valence electrons. The molecule has 6 heteroatoms. The van der Waals surface area contributed by atoms with Crippen LogP contribution >= 0.6 is 11.6 Å². The average molecular weight is 443 g/mol. The normalized spacial score (nSPS) is 18.7. The Bertz CT molecular complexity index is 1040. The monoisotopic (exact) mass is 442 g/mol. The number of alkyl halides is 1. The molecule has 0 aromatic heterocycles. The van der Waals surface area contributed by atoms with Gasteiger partial charge >= 0.3 is 0 Å². The van der Waals surface area contributed by atoms with Crippen LogP contribution in [0, 0.1) is 5.41 Å². The van der Waals surface area contributed by atoms with Gasteiger partial charge in [-0.15, -0.1) is 11.6 Å². The second-order valence-corrected chi connectivity index (χ2v) is 11.1. The first-order valence-corrected chi connectivity index (χ1v) is 11.3. The summed E-state index contributed by atoms with van der Waals surface area (Å²) in [5.74, 6) is 1.39. The second-order valence-electron chi connectivity index (χ2n) is 10.1. The van der Waals surface area contributed by atoms with Crippen LogP contribution in [0.1, 0.15) is 57.3 Å². The standard InChI is InChI=1S/C25H31ClN2O3/c1-24(2,14-25(3,4)26)15-31-22-12-17-10-20-19(9-16(17)11-21(22)30-5)23(29)28-8-6-7-18(28)13-27-20/h9-13,18H,6-8,14-15H2,1-5H3. The summed E-state index contributed by atoms with van der Waals surface area (Å²) < 4.78 is 11.8. The van der Waals surface area contributed by atoms with Gasteiger partial charge in [0.25, 0.3) is 5.91 Å². The third kappa shape index (κ3) is 4.67. The summed E-state index contributed by atoms with van der Waals surface area (Å²) in [6.45, 7) is 9.64. The predicted octanol–water partition coefficient (Wildman–Crippen LogP) is 5.98. The van der Waals surface area contributed by atoms with Gasteiger partial charge in [0.1, 0.15) is 0 Å². The molecular weight excluding hydrogens is 412 g/mol. The van der Waals surface area contributed by atoms with Gasteiger partial charge in [0.05, 0.1) is 31.0 Å². The third-order valence-corrected chi connectivity index (χ3v) is 6.06. The van der Waals surface area contributed by atoms with E-state index in [9.17, 15) is 4.79 Å². The summed E-state index contributed by atoms with van der Waals surface area (Å²) in [4.78, 5) is 19.4.